The van der Waals surface area contributed by atoms with E-state index in [4.69, 9.17) is 9.47 Å². The average Bonchev–Trinajstić information content (AvgIpc) is 3.48. The van der Waals surface area contributed by atoms with Crippen LogP contribution in [-0.2, 0) is 16.1 Å². The van der Waals surface area contributed by atoms with Crippen LogP contribution in [0.15, 0.2) is 72.4 Å². The van der Waals surface area contributed by atoms with Crippen LogP contribution in [0.1, 0.15) is 22.2 Å². The lowest BCUT2D eigenvalue weighted by Gasteiger charge is -2.09. The number of nitrogens with zero attached hydrogens (tertiary/aromatic N) is 3. The highest BCUT2D eigenvalue weighted by molar-refractivity contribution is 7.99. The highest BCUT2D eigenvalue weighted by Crippen LogP contribution is 2.40. The van der Waals surface area contributed by atoms with Gasteiger partial charge < -0.3 is 14.8 Å². The minimum Gasteiger partial charge on any atom is -0.494 e. The molecule has 0 atom stereocenters. The van der Waals surface area contributed by atoms with Gasteiger partial charge in [0.05, 0.1) is 19.5 Å². The summed E-state index contributed by atoms with van der Waals surface area (Å²) >= 11 is 2.61. The van der Waals surface area contributed by atoms with Gasteiger partial charge in [-0.2, -0.15) is 0 Å². The van der Waals surface area contributed by atoms with E-state index in [0.29, 0.717) is 34.7 Å². The van der Waals surface area contributed by atoms with E-state index in [-0.39, 0.29) is 11.7 Å². The first-order chi connectivity index (χ1) is 18.5. The number of carbonyl (C=O) groups excluding carboxylic acids is 2. The molecule has 2 aromatic heterocycles. The van der Waals surface area contributed by atoms with Crippen LogP contribution in [0, 0.1) is 6.92 Å². The molecule has 1 amide bonds. The summed E-state index contributed by atoms with van der Waals surface area (Å²) in [6.07, 6.45) is 1.76. The maximum atomic E-state index is 13.0. The Morgan fingerprint density at radius 2 is 1.84 bits per heavy atom. The van der Waals surface area contributed by atoms with E-state index in [9.17, 15) is 9.59 Å². The molecule has 4 aromatic rings. The van der Waals surface area contributed by atoms with Gasteiger partial charge in [-0.05, 0) is 43.7 Å². The average molecular weight is 549 g/mol. The van der Waals surface area contributed by atoms with Crippen molar-refractivity contribution in [3.63, 3.8) is 0 Å². The number of aromatic nitrogens is 3. The molecule has 0 saturated heterocycles. The van der Waals surface area contributed by atoms with Gasteiger partial charge in [0, 0.05) is 22.5 Å². The molecule has 0 aliphatic rings. The maximum absolute atomic E-state index is 13.0. The molecule has 38 heavy (non-hydrogen) atoms. The summed E-state index contributed by atoms with van der Waals surface area (Å²) in [5.74, 6) is 0.767. The number of thiophene rings is 1. The van der Waals surface area contributed by atoms with Crippen molar-refractivity contribution in [1.29, 1.82) is 0 Å². The van der Waals surface area contributed by atoms with E-state index < -0.39 is 5.97 Å². The number of hydrogen-bond donors (Lipinski definition) is 1. The second-order valence-corrected chi connectivity index (χ2v) is 10.3. The Bertz CT molecular complexity index is 1430. The molecule has 0 aliphatic carbocycles. The first-order valence-corrected chi connectivity index (χ1v) is 13.7. The third-order valence-electron chi connectivity index (χ3n) is 5.57. The van der Waals surface area contributed by atoms with Crippen LogP contribution in [0.5, 0.6) is 5.75 Å². The molecule has 10 heteroatoms. The quantitative estimate of drug-likeness (QED) is 0.138. The van der Waals surface area contributed by atoms with Crippen LogP contribution in [0.4, 0.5) is 5.00 Å². The molecule has 2 aromatic carbocycles. The number of amides is 1. The zero-order valence-electron chi connectivity index (χ0n) is 21.4. The summed E-state index contributed by atoms with van der Waals surface area (Å²) in [5.41, 5.74) is 2.88. The zero-order chi connectivity index (χ0) is 27.1. The van der Waals surface area contributed by atoms with Gasteiger partial charge in [-0.25, -0.2) is 4.79 Å². The largest absolute Gasteiger partial charge is 0.494 e. The first kappa shape index (κ1) is 27.2. The van der Waals surface area contributed by atoms with E-state index in [1.165, 1.54) is 30.2 Å². The number of thioether (sulfide) groups is 1. The van der Waals surface area contributed by atoms with Gasteiger partial charge in [-0.15, -0.1) is 28.1 Å². The highest BCUT2D eigenvalue weighted by Gasteiger charge is 2.25. The Morgan fingerprint density at radius 3 is 2.50 bits per heavy atom. The fourth-order valence-electron chi connectivity index (χ4n) is 3.94. The smallest absolute Gasteiger partial charge is 0.341 e. The Labute approximate surface area is 229 Å². The lowest BCUT2D eigenvalue weighted by Crippen LogP contribution is -2.16. The number of nitrogens with one attached hydrogen (secondary N) is 1. The van der Waals surface area contributed by atoms with Crippen LogP contribution >= 0.6 is 23.1 Å². The molecule has 196 valence electrons. The highest BCUT2D eigenvalue weighted by atomic mass is 32.2. The summed E-state index contributed by atoms with van der Waals surface area (Å²) in [5, 5.41) is 12.6. The van der Waals surface area contributed by atoms with Gasteiger partial charge in [-0.3, -0.25) is 9.36 Å². The number of benzene rings is 2. The van der Waals surface area contributed by atoms with E-state index in [1.807, 2.05) is 73.0 Å². The molecule has 0 unspecified atom stereocenters. The summed E-state index contributed by atoms with van der Waals surface area (Å²) in [6.45, 7) is 8.78. The molecule has 0 fully saturated rings. The fourth-order valence-corrected chi connectivity index (χ4v) is 5.77. The van der Waals surface area contributed by atoms with Crippen molar-refractivity contribution in [3.8, 4) is 28.3 Å². The summed E-state index contributed by atoms with van der Waals surface area (Å²) in [4.78, 5) is 26.6. The van der Waals surface area contributed by atoms with Crippen molar-refractivity contribution < 1.29 is 19.1 Å². The molecule has 0 spiro atoms. The van der Waals surface area contributed by atoms with Gasteiger partial charge in [0.2, 0.25) is 5.91 Å². The van der Waals surface area contributed by atoms with Crippen molar-refractivity contribution >= 4 is 40.0 Å². The molecule has 8 nitrogen and oxygen atoms in total. The number of rotatable bonds is 11. The Balaban J connectivity index is 1.52. The molecule has 0 bridgehead atoms. The first-order valence-electron chi connectivity index (χ1n) is 11.9. The summed E-state index contributed by atoms with van der Waals surface area (Å²) < 4.78 is 12.5. The Morgan fingerprint density at radius 1 is 1.11 bits per heavy atom. The van der Waals surface area contributed by atoms with Crippen molar-refractivity contribution in [1.82, 2.24) is 14.8 Å². The SMILES string of the molecule is C=CCn1c(SCC(=O)Nc2sc(C)c(-c3ccccc3)c2C(=O)OC)nnc1-c1ccc(OCC)cc1. The minimum absolute atomic E-state index is 0.0801. The molecular formula is C28H28N4O4S2. The molecular weight excluding hydrogens is 520 g/mol. The topological polar surface area (TPSA) is 95.3 Å². The summed E-state index contributed by atoms with van der Waals surface area (Å²) in [6, 6.07) is 17.2. The summed E-state index contributed by atoms with van der Waals surface area (Å²) in [7, 11) is 1.33. The van der Waals surface area contributed by atoms with Crippen molar-refractivity contribution in [2.75, 3.05) is 24.8 Å². The van der Waals surface area contributed by atoms with Gasteiger partial charge in [0.15, 0.2) is 11.0 Å². The van der Waals surface area contributed by atoms with Crippen molar-refractivity contribution in [3.05, 3.63) is 77.7 Å². The molecule has 0 aliphatic heterocycles. The van der Waals surface area contributed by atoms with Crippen LogP contribution < -0.4 is 10.1 Å². The van der Waals surface area contributed by atoms with Gasteiger partial charge in [-0.1, -0.05) is 48.2 Å². The number of allylic oxidation sites excluding steroid dienone is 1. The zero-order valence-corrected chi connectivity index (χ0v) is 23.0. The van der Waals surface area contributed by atoms with Crippen LogP contribution in [-0.4, -0.2) is 46.1 Å². The maximum Gasteiger partial charge on any atom is 0.341 e. The number of ether oxygens (including phenoxy) is 2. The minimum atomic E-state index is -0.498. The molecule has 1 N–H and O–H groups in total. The van der Waals surface area contributed by atoms with Crippen molar-refractivity contribution in [2.45, 2.75) is 25.5 Å². The number of esters is 1. The second kappa shape index (κ2) is 12.6. The fraction of sp³-hybridized carbons (Fsp3) is 0.214. The van der Waals surface area contributed by atoms with Crippen molar-refractivity contribution in [2.24, 2.45) is 0 Å². The standard InChI is InChI=1S/C28H28N4O4S2/c1-5-16-32-25(20-12-14-21(15-13-20)36-6-2)30-31-28(32)37-17-22(33)29-26-24(27(34)35-4)23(18(3)38-26)19-10-8-7-9-11-19/h5,7-15H,1,6,16-17H2,2-4H3,(H,29,33). The number of aryl methyl sites for hydroxylation is 1. The predicted octanol–water partition coefficient (Wildman–Crippen LogP) is 6.08. The number of carbonyl (C=O) groups is 2. The van der Waals surface area contributed by atoms with Gasteiger partial charge in [0.1, 0.15) is 16.3 Å². The Hall–Kier alpha value is -3.89. The van der Waals surface area contributed by atoms with E-state index in [2.05, 4.69) is 22.1 Å². The lowest BCUT2D eigenvalue weighted by atomic mass is 10.0. The van der Waals surface area contributed by atoms with E-state index in [1.54, 1.807) is 6.08 Å². The normalized spacial score (nSPS) is 10.7. The predicted molar refractivity (Wildman–Crippen MR) is 152 cm³/mol. The monoisotopic (exact) mass is 548 g/mol. The molecule has 0 saturated carbocycles. The number of anilines is 1. The van der Waals surface area contributed by atoms with Crippen LogP contribution in [0.3, 0.4) is 0 Å². The van der Waals surface area contributed by atoms with Gasteiger partial charge >= 0.3 is 5.97 Å². The van der Waals surface area contributed by atoms with Gasteiger partial charge in [0.25, 0.3) is 0 Å². The van der Waals surface area contributed by atoms with E-state index in [0.717, 1.165) is 27.3 Å². The van der Waals surface area contributed by atoms with E-state index >= 15 is 0 Å². The number of hydrogen-bond acceptors (Lipinski definition) is 8. The molecule has 4 rings (SSSR count). The second-order valence-electron chi connectivity index (χ2n) is 8.09. The lowest BCUT2D eigenvalue weighted by molar-refractivity contribution is -0.113. The third-order valence-corrected chi connectivity index (χ3v) is 7.56. The van der Waals surface area contributed by atoms with Crippen LogP contribution in [0.2, 0.25) is 0 Å². The number of methoxy groups -OCH3 is 1. The van der Waals surface area contributed by atoms with Crippen LogP contribution in [0.25, 0.3) is 22.5 Å². The Kier molecular flexibility index (Phi) is 8.98. The molecule has 2 heterocycles. The third kappa shape index (κ3) is 5.98. The molecule has 0 radical (unpaired) electrons.